The molecule has 2 heterocycles. The lowest BCUT2D eigenvalue weighted by Crippen LogP contribution is -2.30. The Balaban J connectivity index is 1.95. The molecule has 2 aromatic heterocycles. The topological polar surface area (TPSA) is 59.5 Å². The number of pyridine rings is 1. The van der Waals surface area contributed by atoms with Crippen molar-refractivity contribution in [1.29, 1.82) is 0 Å². The molecule has 0 unspecified atom stereocenters. The Morgan fingerprint density at radius 2 is 2.04 bits per heavy atom. The monoisotopic (exact) mass is 406 g/mol. The highest BCUT2D eigenvalue weighted by atomic mass is 32.2. The van der Waals surface area contributed by atoms with Crippen molar-refractivity contribution in [3.63, 3.8) is 0 Å². The third-order valence-electron chi connectivity index (χ3n) is 3.84. The number of aromatic nitrogens is 1. The lowest BCUT2D eigenvalue weighted by Gasteiger charge is -2.22. The predicted octanol–water partition coefficient (Wildman–Crippen LogP) is 4.07. The van der Waals surface area contributed by atoms with Gasteiger partial charge in [0.1, 0.15) is 0 Å². The highest BCUT2D eigenvalue weighted by Crippen LogP contribution is 2.26. The van der Waals surface area contributed by atoms with Gasteiger partial charge in [-0.3, -0.25) is 4.98 Å². The fourth-order valence-electron chi connectivity index (χ4n) is 2.55. The molecule has 0 saturated carbocycles. The quantitative estimate of drug-likeness (QED) is 0.566. The Kier molecular flexibility index (Phi) is 6.20. The number of thiophene rings is 1. The minimum absolute atomic E-state index is 0.0329. The van der Waals surface area contributed by atoms with E-state index in [1.165, 1.54) is 27.8 Å². The third-order valence-corrected chi connectivity index (χ3v) is 6.36. The Bertz CT molecular complexity index is 977. The molecule has 8 heteroatoms. The zero-order chi connectivity index (χ0) is 19.3. The first-order valence-electron chi connectivity index (χ1n) is 8.34. The standard InChI is InChI=1S/C19H19FN2O3S2/c1-2-25-19-7-6-17(11-18(19)20)27(23,24)22(12-15-8-10-26-14-15)13-16-5-3-4-9-21-16/h3-11,14H,2,12-13H2,1H3. The van der Waals surface area contributed by atoms with Gasteiger partial charge in [-0.1, -0.05) is 6.07 Å². The first-order valence-corrected chi connectivity index (χ1v) is 10.7. The zero-order valence-corrected chi connectivity index (χ0v) is 16.3. The van der Waals surface area contributed by atoms with E-state index in [0.717, 1.165) is 11.6 Å². The molecule has 142 valence electrons. The molecule has 27 heavy (non-hydrogen) atoms. The summed E-state index contributed by atoms with van der Waals surface area (Å²) in [5.41, 5.74) is 1.48. The van der Waals surface area contributed by atoms with Crippen molar-refractivity contribution in [3.05, 3.63) is 76.5 Å². The summed E-state index contributed by atoms with van der Waals surface area (Å²) in [6, 6.07) is 10.9. The Hall–Kier alpha value is -2.29. The van der Waals surface area contributed by atoms with E-state index in [4.69, 9.17) is 4.74 Å². The molecule has 3 rings (SSSR count). The smallest absolute Gasteiger partial charge is 0.243 e. The predicted molar refractivity (Wildman–Crippen MR) is 103 cm³/mol. The van der Waals surface area contributed by atoms with Gasteiger partial charge in [0, 0.05) is 12.7 Å². The van der Waals surface area contributed by atoms with E-state index in [9.17, 15) is 12.8 Å². The average molecular weight is 407 g/mol. The number of rotatable bonds is 8. The van der Waals surface area contributed by atoms with Crippen LogP contribution < -0.4 is 4.74 Å². The van der Waals surface area contributed by atoms with Gasteiger partial charge in [-0.15, -0.1) is 0 Å². The van der Waals surface area contributed by atoms with Gasteiger partial charge >= 0.3 is 0 Å². The highest BCUT2D eigenvalue weighted by molar-refractivity contribution is 7.89. The van der Waals surface area contributed by atoms with Crippen LogP contribution in [0.25, 0.3) is 0 Å². The zero-order valence-electron chi connectivity index (χ0n) is 14.7. The van der Waals surface area contributed by atoms with Gasteiger partial charge in [0.05, 0.1) is 23.7 Å². The summed E-state index contributed by atoms with van der Waals surface area (Å²) in [4.78, 5) is 4.10. The Morgan fingerprint density at radius 1 is 1.19 bits per heavy atom. The van der Waals surface area contributed by atoms with E-state index in [2.05, 4.69) is 4.98 Å². The van der Waals surface area contributed by atoms with E-state index >= 15 is 0 Å². The van der Waals surface area contributed by atoms with Crippen LogP contribution in [0.2, 0.25) is 0 Å². The molecule has 0 fully saturated rings. The summed E-state index contributed by atoms with van der Waals surface area (Å²) in [7, 11) is -3.93. The molecule has 0 amide bonds. The number of benzene rings is 1. The Morgan fingerprint density at radius 3 is 2.67 bits per heavy atom. The highest BCUT2D eigenvalue weighted by Gasteiger charge is 2.26. The van der Waals surface area contributed by atoms with Crippen LogP contribution in [0.5, 0.6) is 5.75 Å². The van der Waals surface area contributed by atoms with E-state index in [1.807, 2.05) is 16.8 Å². The second-order valence-corrected chi connectivity index (χ2v) is 8.47. The van der Waals surface area contributed by atoms with Crippen LogP contribution in [0.3, 0.4) is 0 Å². The molecule has 0 aliphatic carbocycles. The lowest BCUT2D eigenvalue weighted by molar-refractivity contribution is 0.321. The SMILES string of the molecule is CCOc1ccc(S(=O)(=O)N(Cc2ccsc2)Cc2ccccn2)cc1F. The van der Waals surface area contributed by atoms with Crippen molar-refractivity contribution in [2.24, 2.45) is 0 Å². The number of nitrogens with zero attached hydrogens (tertiary/aromatic N) is 2. The van der Waals surface area contributed by atoms with Gasteiger partial charge in [-0.2, -0.15) is 15.6 Å². The van der Waals surface area contributed by atoms with Gasteiger partial charge in [-0.05, 0) is 59.6 Å². The molecule has 5 nitrogen and oxygen atoms in total. The van der Waals surface area contributed by atoms with Crippen LogP contribution in [-0.2, 0) is 23.1 Å². The summed E-state index contributed by atoms with van der Waals surface area (Å²) in [6.45, 7) is 2.30. The van der Waals surface area contributed by atoms with Crippen LogP contribution in [-0.4, -0.2) is 24.3 Å². The van der Waals surface area contributed by atoms with Gasteiger partial charge in [0.15, 0.2) is 11.6 Å². The summed E-state index contributed by atoms with van der Waals surface area (Å²) >= 11 is 1.49. The maximum absolute atomic E-state index is 14.2. The normalized spacial score (nSPS) is 11.7. The summed E-state index contributed by atoms with van der Waals surface area (Å²) in [5.74, 6) is -0.670. The summed E-state index contributed by atoms with van der Waals surface area (Å²) in [5, 5.41) is 3.77. The summed E-state index contributed by atoms with van der Waals surface area (Å²) < 4.78 is 47.0. The maximum atomic E-state index is 14.2. The van der Waals surface area contributed by atoms with Crippen molar-refractivity contribution in [1.82, 2.24) is 9.29 Å². The molecule has 0 saturated heterocycles. The molecule has 0 radical (unpaired) electrons. The largest absolute Gasteiger partial charge is 0.491 e. The van der Waals surface area contributed by atoms with Crippen molar-refractivity contribution >= 4 is 21.4 Å². The second-order valence-electron chi connectivity index (χ2n) is 5.75. The number of ether oxygens (including phenoxy) is 1. The van der Waals surface area contributed by atoms with Gasteiger partial charge in [0.25, 0.3) is 0 Å². The molecular formula is C19H19FN2O3S2. The number of halogens is 1. The molecule has 3 aromatic rings. The third kappa shape index (κ3) is 4.71. The lowest BCUT2D eigenvalue weighted by atomic mass is 10.3. The Labute approximate surface area is 162 Å². The first-order chi connectivity index (χ1) is 13.0. The first kappa shape index (κ1) is 19.5. The molecule has 0 N–H and O–H groups in total. The average Bonchev–Trinajstić information content (AvgIpc) is 3.17. The van der Waals surface area contributed by atoms with E-state index in [1.54, 1.807) is 31.3 Å². The molecule has 1 aromatic carbocycles. The minimum atomic E-state index is -3.93. The van der Waals surface area contributed by atoms with Gasteiger partial charge in [0.2, 0.25) is 10.0 Å². The van der Waals surface area contributed by atoms with E-state index < -0.39 is 15.8 Å². The van der Waals surface area contributed by atoms with Crippen molar-refractivity contribution in [2.45, 2.75) is 24.9 Å². The number of hydrogen-bond donors (Lipinski definition) is 0. The summed E-state index contributed by atoms with van der Waals surface area (Å²) in [6.07, 6.45) is 1.61. The number of hydrogen-bond acceptors (Lipinski definition) is 5. The van der Waals surface area contributed by atoms with Crippen LogP contribution in [0.1, 0.15) is 18.2 Å². The molecule has 0 spiro atoms. The molecule has 0 bridgehead atoms. The van der Waals surface area contributed by atoms with Crippen LogP contribution in [0, 0.1) is 5.82 Å². The molecular weight excluding hydrogens is 387 g/mol. The van der Waals surface area contributed by atoms with E-state index in [0.29, 0.717) is 12.3 Å². The van der Waals surface area contributed by atoms with Crippen molar-refractivity contribution < 1.29 is 17.5 Å². The van der Waals surface area contributed by atoms with E-state index in [-0.39, 0.29) is 23.7 Å². The fraction of sp³-hybridized carbons (Fsp3) is 0.211. The number of sulfonamides is 1. The van der Waals surface area contributed by atoms with Gasteiger partial charge < -0.3 is 4.74 Å². The van der Waals surface area contributed by atoms with Crippen molar-refractivity contribution in [3.8, 4) is 5.75 Å². The molecule has 0 aliphatic rings. The minimum Gasteiger partial charge on any atom is -0.491 e. The van der Waals surface area contributed by atoms with Crippen LogP contribution >= 0.6 is 11.3 Å². The molecule has 0 atom stereocenters. The van der Waals surface area contributed by atoms with Crippen LogP contribution in [0.4, 0.5) is 4.39 Å². The van der Waals surface area contributed by atoms with Crippen LogP contribution in [0.15, 0.2) is 64.3 Å². The van der Waals surface area contributed by atoms with Crippen molar-refractivity contribution in [2.75, 3.05) is 6.61 Å². The maximum Gasteiger partial charge on any atom is 0.243 e. The van der Waals surface area contributed by atoms with Gasteiger partial charge in [-0.25, -0.2) is 12.8 Å². The molecule has 0 aliphatic heterocycles. The second kappa shape index (κ2) is 8.60. The fourth-order valence-corrected chi connectivity index (χ4v) is 4.62.